The van der Waals surface area contributed by atoms with Crippen LogP contribution in [0.25, 0.3) is 0 Å². The van der Waals surface area contributed by atoms with Crippen molar-refractivity contribution in [2.24, 2.45) is 17.3 Å². The average molecular weight is 143 g/mol. The lowest BCUT2D eigenvalue weighted by Gasteiger charge is -1.99. The molecule has 1 fully saturated rings. The van der Waals surface area contributed by atoms with E-state index in [4.69, 9.17) is 0 Å². The Balaban J connectivity index is 0.000000810. The van der Waals surface area contributed by atoms with Crippen LogP contribution in [0.1, 0.15) is 28.2 Å². The van der Waals surface area contributed by atoms with E-state index in [0.29, 0.717) is 5.41 Å². The highest BCUT2D eigenvalue weighted by Crippen LogP contribution is 2.57. The van der Waals surface area contributed by atoms with Crippen LogP contribution in [0.2, 0.25) is 0 Å². The van der Waals surface area contributed by atoms with Gasteiger partial charge in [-0.25, -0.2) is 0 Å². The summed E-state index contributed by atoms with van der Waals surface area (Å²) in [6.45, 7) is 8.22. The summed E-state index contributed by atoms with van der Waals surface area (Å²) in [5, 5.41) is 3.22. The molecule has 0 spiro atoms. The van der Waals surface area contributed by atoms with Crippen molar-refractivity contribution in [3.63, 3.8) is 0 Å². The van der Waals surface area contributed by atoms with Gasteiger partial charge in [0.15, 0.2) is 0 Å². The number of rotatable bonds is 2. The maximum atomic E-state index is 3.22. The lowest BCUT2D eigenvalue weighted by atomic mass is 10.1. The Morgan fingerprint density at radius 1 is 1.40 bits per heavy atom. The molecule has 2 atom stereocenters. The van der Waals surface area contributed by atoms with Gasteiger partial charge < -0.3 is 5.32 Å². The summed E-state index contributed by atoms with van der Waals surface area (Å²) in [6, 6.07) is 0. The Labute approximate surface area is 65.2 Å². The third kappa shape index (κ3) is 1.34. The summed E-state index contributed by atoms with van der Waals surface area (Å²) in [4.78, 5) is 0. The molecule has 0 saturated heterocycles. The van der Waals surface area contributed by atoms with Crippen molar-refractivity contribution < 1.29 is 0 Å². The molecule has 1 N–H and O–H groups in total. The Morgan fingerprint density at radius 2 is 1.80 bits per heavy atom. The summed E-state index contributed by atoms with van der Waals surface area (Å²) >= 11 is 0. The van der Waals surface area contributed by atoms with E-state index in [1.807, 2.05) is 7.05 Å². The Kier molecular flexibility index (Phi) is 2.90. The Morgan fingerprint density at radius 3 is 1.90 bits per heavy atom. The minimum absolute atomic E-state index is 0. The molecule has 10 heavy (non-hydrogen) atoms. The fraction of sp³-hybridized carbons (Fsp3) is 1.00. The van der Waals surface area contributed by atoms with Gasteiger partial charge in [-0.15, -0.1) is 0 Å². The first-order valence-corrected chi connectivity index (χ1v) is 3.75. The highest BCUT2D eigenvalue weighted by Gasteiger charge is 2.53. The topological polar surface area (TPSA) is 12.0 Å². The quantitative estimate of drug-likeness (QED) is 0.624. The molecule has 1 nitrogen and oxygen atoms in total. The van der Waals surface area contributed by atoms with E-state index in [9.17, 15) is 0 Å². The lowest BCUT2D eigenvalue weighted by molar-refractivity contribution is 0.531. The summed E-state index contributed by atoms with van der Waals surface area (Å²) < 4.78 is 0. The minimum Gasteiger partial charge on any atom is -0.319 e. The molecule has 0 amide bonds. The molecule has 1 aliphatic rings. The highest BCUT2D eigenvalue weighted by atomic mass is 14.8. The van der Waals surface area contributed by atoms with E-state index in [2.05, 4.69) is 26.1 Å². The van der Waals surface area contributed by atoms with Crippen LogP contribution in [0.15, 0.2) is 0 Å². The first-order valence-electron chi connectivity index (χ1n) is 3.75. The maximum Gasteiger partial charge on any atom is -0.00156 e. The zero-order valence-corrected chi connectivity index (χ0v) is 6.86. The zero-order valence-electron chi connectivity index (χ0n) is 6.86. The highest BCUT2D eigenvalue weighted by molar-refractivity contribution is 5.02. The molecule has 0 bridgehead atoms. The fourth-order valence-electron chi connectivity index (χ4n) is 1.68. The fourth-order valence-corrected chi connectivity index (χ4v) is 1.68. The monoisotopic (exact) mass is 143 g/mol. The van der Waals surface area contributed by atoms with Crippen molar-refractivity contribution in [1.29, 1.82) is 0 Å². The summed E-state index contributed by atoms with van der Waals surface area (Å²) in [5.74, 6) is 1.84. The molecule has 62 valence electrons. The molecule has 0 aromatic heterocycles. The zero-order chi connectivity index (χ0) is 7.07. The lowest BCUT2D eigenvalue weighted by Crippen LogP contribution is -2.12. The van der Waals surface area contributed by atoms with Gasteiger partial charge in [-0.1, -0.05) is 28.2 Å². The van der Waals surface area contributed by atoms with Crippen LogP contribution in [0.5, 0.6) is 0 Å². The van der Waals surface area contributed by atoms with Crippen molar-refractivity contribution in [2.75, 3.05) is 13.6 Å². The van der Waals surface area contributed by atoms with Crippen LogP contribution in [0, 0.1) is 17.3 Å². The second-order valence-corrected chi connectivity index (χ2v) is 3.77. The van der Waals surface area contributed by atoms with E-state index in [1.54, 1.807) is 0 Å². The van der Waals surface area contributed by atoms with Crippen molar-refractivity contribution in [2.45, 2.75) is 28.2 Å². The average Bonchev–Trinajstić information content (AvgIpc) is 2.19. The van der Waals surface area contributed by atoms with Crippen LogP contribution in [-0.4, -0.2) is 13.6 Å². The summed E-state index contributed by atoms with van der Waals surface area (Å²) in [5.41, 5.74) is 0.614. The molecule has 1 saturated carbocycles. The van der Waals surface area contributed by atoms with E-state index in [0.717, 1.165) is 11.8 Å². The maximum absolute atomic E-state index is 3.22. The standard InChI is InChI=1S/C8H17N.CH4/c1-6-7(5-9-4)8(6,2)3;/h6-7,9H,5H2,1-4H3;1H4. The predicted molar refractivity (Wildman–Crippen MR) is 47.1 cm³/mol. The van der Waals surface area contributed by atoms with Gasteiger partial charge in [0.25, 0.3) is 0 Å². The molecule has 1 aliphatic carbocycles. The first-order chi connectivity index (χ1) is 4.10. The molecule has 2 unspecified atom stereocenters. The van der Waals surface area contributed by atoms with Crippen LogP contribution in [-0.2, 0) is 0 Å². The largest absolute Gasteiger partial charge is 0.319 e. The van der Waals surface area contributed by atoms with Gasteiger partial charge >= 0.3 is 0 Å². The first kappa shape index (κ1) is 9.96. The normalized spacial score (nSPS) is 34.8. The molecule has 0 radical (unpaired) electrons. The van der Waals surface area contributed by atoms with Crippen molar-refractivity contribution in [3.05, 3.63) is 0 Å². The third-order valence-corrected chi connectivity index (χ3v) is 3.05. The van der Waals surface area contributed by atoms with Gasteiger partial charge in [0.05, 0.1) is 0 Å². The van der Waals surface area contributed by atoms with Crippen LogP contribution in [0.4, 0.5) is 0 Å². The van der Waals surface area contributed by atoms with Gasteiger partial charge in [-0.05, 0) is 30.8 Å². The second-order valence-electron chi connectivity index (χ2n) is 3.77. The third-order valence-electron chi connectivity index (χ3n) is 3.05. The van der Waals surface area contributed by atoms with E-state index in [1.165, 1.54) is 6.54 Å². The minimum atomic E-state index is 0. The molecule has 1 heteroatoms. The molecule has 0 aromatic carbocycles. The van der Waals surface area contributed by atoms with E-state index in [-0.39, 0.29) is 7.43 Å². The van der Waals surface area contributed by atoms with Crippen LogP contribution < -0.4 is 5.32 Å². The predicted octanol–water partition coefficient (Wildman–Crippen LogP) is 2.13. The van der Waals surface area contributed by atoms with E-state index >= 15 is 0 Å². The van der Waals surface area contributed by atoms with Gasteiger partial charge in [-0.2, -0.15) is 0 Å². The molecule has 0 aromatic rings. The smallest absolute Gasteiger partial charge is 0.00156 e. The molecular weight excluding hydrogens is 122 g/mol. The van der Waals surface area contributed by atoms with Crippen molar-refractivity contribution >= 4 is 0 Å². The molecule has 1 rings (SSSR count). The van der Waals surface area contributed by atoms with Gasteiger partial charge in [0.2, 0.25) is 0 Å². The van der Waals surface area contributed by atoms with Crippen LogP contribution >= 0.6 is 0 Å². The number of nitrogens with one attached hydrogen (secondary N) is 1. The number of hydrogen-bond acceptors (Lipinski definition) is 1. The van der Waals surface area contributed by atoms with Gasteiger partial charge in [0, 0.05) is 0 Å². The Hall–Kier alpha value is -0.0400. The van der Waals surface area contributed by atoms with E-state index < -0.39 is 0 Å². The number of hydrogen-bond donors (Lipinski definition) is 1. The molecular formula is C9H21N. The summed E-state index contributed by atoms with van der Waals surface area (Å²) in [6.07, 6.45) is 0. The SMILES string of the molecule is C.CNCC1C(C)C1(C)C. The van der Waals surface area contributed by atoms with Crippen LogP contribution in [0.3, 0.4) is 0 Å². The van der Waals surface area contributed by atoms with Gasteiger partial charge in [-0.3, -0.25) is 0 Å². The second kappa shape index (κ2) is 2.91. The molecule has 0 aliphatic heterocycles. The Bertz CT molecular complexity index is 107. The summed E-state index contributed by atoms with van der Waals surface area (Å²) in [7, 11) is 2.03. The van der Waals surface area contributed by atoms with Crippen molar-refractivity contribution in [3.8, 4) is 0 Å². The van der Waals surface area contributed by atoms with Gasteiger partial charge in [0.1, 0.15) is 0 Å². The van der Waals surface area contributed by atoms with Crippen molar-refractivity contribution in [1.82, 2.24) is 5.32 Å². The molecule has 0 heterocycles.